The Labute approximate surface area is 119 Å². The maximum Gasteiger partial charge on any atom is 0.183 e. The third-order valence-electron chi connectivity index (χ3n) is 3.22. The number of nitrogens with one attached hydrogen (secondary N) is 1. The van der Waals surface area contributed by atoms with Gasteiger partial charge in [0.2, 0.25) is 0 Å². The Bertz CT molecular complexity index is 507. The normalized spacial score (nSPS) is 11.0. The zero-order valence-electron chi connectivity index (χ0n) is 11.6. The summed E-state index contributed by atoms with van der Waals surface area (Å²) in [5.74, 6) is 0. The predicted octanol–water partition coefficient (Wildman–Crippen LogP) is 4.65. The number of anilines is 2. The van der Waals surface area contributed by atoms with Crippen molar-refractivity contribution < 1.29 is 0 Å². The molecule has 0 fully saturated rings. The van der Waals surface area contributed by atoms with E-state index in [0.29, 0.717) is 0 Å². The first kappa shape index (κ1) is 14.1. The molecule has 0 amide bonds. The molecule has 3 nitrogen and oxygen atoms in total. The fourth-order valence-electron chi connectivity index (χ4n) is 2.12. The second-order valence-corrected chi connectivity index (χ2v) is 5.97. The van der Waals surface area contributed by atoms with Gasteiger partial charge in [0, 0.05) is 12.2 Å². The topological polar surface area (TPSA) is 50.9 Å². The lowest BCUT2D eigenvalue weighted by Gasteiger charge is -2.02. The number of rotatable bonds is 8. The van der Waals surface area contributed by atoms with Crippen molar-refractivity contribution in [1.82, 2.24) is 4.98 Å². The van der Waals surface area contributed by atoms with Crippen LogP contribution in [0.3, 0.4) is 0 Å². The Balaban J connectivity index is 1.72. The smallest absolute Gasteiger partial charge is 0.183 e. The van der Waals surface area contributed by atoms with E-state index in [1.807, 2.05) is 18.2 Å². The molecule has 0 saturated carbocycles. The molecule has 0 spiro atoms. The Kier molecular flexibility index (Phi) is 5.45. The first-order chi connectivity index (χ1) is 9.29. The summed E-state index contributed by atoms with van der Waals surface area (Å²) >= 11 is 1.68. The number of unbranched alkanes of at least 4 members (excludes halogenated alkanes) is 5. The van der Waals surface area contributed by atoms with Gasteiger partial charge < -0.3 is 11.1 Å². The molecule has 0 aliphatic heterocycles. The van der Waals surface area contributed by atoms with Crippen LogP contribution in [0.25, 0.3) is 10.2 Å². The highest BCUT2D eigenvalue weighted by molar-refractivity contribution is 7.22. The molecule has 0 radical (unpaired) electrons. The fourth-order valence-corrected chi connectivity index (χ4v) is 3.06. The predicted molar refractivity (Wildman–Crippen MR) is 85.9 cm³/mol. The van der Waals surface area contributed by atoms with Crippen molar-refractivity contribution in [3.63, 3.8) is 0 Å². The molecule has 0 aliphatic carbocycles. The first-order valence-electron chi connectivity index (χ1n) is 7.19. The second kappa shape index (κ2) is 7.34. The van der Waals surface area contributed by atoms with Gasteiger partial charge in [-0.25, -0.2) is 4.98 Å². The van der Waals surface area contributed by atoms with Crippen LogP contribution in [-0.2, 0) is 0 Å². The molecule has 0 bridgehead atoms. The number of hydrogen-bond acceptors (Lipinski definition) is 4. The van der Waals surface area contributed by atoms with E-state index in [-0.39, 0.29) is 0 Å². The minimum Gasteiger partial charge on any atom is -0.399 e. The largest absolute Gasteiger partial charge is 0.399 e. The van der Waals surface area contributed by atoms with Gasteiger partial charge in [-0.3, -0.25) is 0 Å². The zero-order valence-corrected chi connectivity index (χ0v) is 12.4. The standard InChI is InChI=1S/C15H23N3S/c1-2-3-4-5-6-7-10-17-15-18-13-9-8-12(16)11-14(13)19-15/h8-9,11H,2-7,10,16H2,1H3,(H,17,18). The van der Waals surface area contributed by atoms with Gasteiger partial charge in [0.1, 0.15) is 0 Å². The monoisotopic (exact) mass is 277 g/mol. The molecule has 1 aromatic carbocycles. The summed E-state index contributed by atoms with van der Waals surface area (Å²) in [5, 5.41) is 4.42. The molecule has 19 heavy (non-hydrogen) atoms. The molecule has 4 heteroatoms. The summed E-state index contributed by atoms with van der Waals surface area (Å²) in [6, 6.07) is 5.87. The molecule has 1 aromatic heterocycles. The van der Waals surface area contributed by atoms with Gasteiger partial charge in [-0.2, -0.15) is 0 Å². The highest BCUT2D eigenvalue weighted by atomic mass is 32.1. The van der Waals surface area contributed by atoms with Crippen LogP contribution >= 0.6 is 11.3 Å². The van der Waals surface area contributed by atoms with Gasteiger partial charge >= 0.3 is 0 Å². The molecule has 0 aliphatic rings. The summed E-state index contributed by atoms with van der Waals surface area (Å²) in [4.78, 5) is 4.55. The Morgan fingerprint density at radius 1 is 1.16 bits per heavy atom. The van der Waals surface area contributed by atoms with Gasteiger partial charge in [0.25, 0.3) is 0 Å². The molecular formula is C15H23N3S. The average molecular weight is 277 g/mol. The van der Waals surface area contributed by atoms with Crippen LogP contribution in [0.15, 0.2) is 18.2 Å². The zero-order chi connectivity index (χ0) is 13.5. The van der Waals surface area contributed by atoms with Crippen molar-refractivity contribution >= 4 is 32.4 Å². The van der Waals surface area contributed by atoms with Crippen LogP contribution in [0.4, 0.5) is 10.8 Å². The lowest BCUT2D eigenvalue weighted by atomic mass is 10.1. The van der Waals surface area contributed by atoms with Crippen molar-refractivity contribution in [2.45, 2.75) is 45.4 Å². The molecule has 0 unspecified atom stereocenters. The molecule has 2 rings (SSSR count). The first-order valence-corrected chi connectivity index (χ1v) is 8.01. The summed E-state index contributed by atoms with van der Waals surface area (Å²) in [5.41, 5.74) is 7.61. The van der Waals surface area contributed by atoms with E-state index in [1.165, 1.54) is 38.5 Å². The molecule has 2 aromatic rings. The van der Waals surface area contributed by atoms with Gasteiger partial charge in [0.05, 0.1) is 10.2 Å². The van der Waals surface area contributed by atoms with Crippen molar-refractivity contribution in [2.24, 2.45) is 0 Å². The molecular weight excluding hydrogens is 254 g/mol. The average Bonchev–Trinajstić information content (AvgIpc) is 2.79. The van der Waals surface area contributed by atoms with Crippen LogP contribution in [0.5, 0.6) is 0 Å². The van der Waals surface area contributed by atoms with Crippen LogP contribution in [0.2, 0.25) is 0 Å². The lowest BCUT2D eigenvalue weighted by molar-refractivity contribution is 0.617. The third-order valence-corrected chi connectivity index (χ3v) is 4.19. The number of hydrogen-bond donors (Lipinski definition) is 2. The summed E-state index contributed by atoms with van der Waals surface area (Å²) in [7, 11) is 0. The number of thiazole rings is 1. The maximum atomic E-state index is 5.77. The summed E-state index contributed by atoms with van der Waals surface area (Å²) in [6.07, 6.45) is 7.94. The Morgan fingerprint density at radius 2 is 1.95 bits per heavy atom. The lowest BCUT2D eigenvalue weighted by Crippen LogP contribution is -2.00. The summed E-state index contributed by atoms with van der Waals surface area (Å²) in [6.45, 7) is 3.27. The van der Waals surface area contributed by atoms with Crippen molar-refractivity contribution in [1.29, 1.82) is 0 Å². The van der Waals surface area contributed by atoms with Gasteiger partial charge in [-0.05, 0) is 24.6 Å². The SMILES string of the molecule is CCCCCCCCNc1nc2ccc(N)cc2s1. The molecule has 3 N–H and O–H groups in total. The van der Waals surface area contributed by atoms with Crippen LogP contribution in [-0.4, -0.2) is 11.5 Å². The second-order valence-electron chi connectivity index (χ2n) is 4.94. The molecule has 0 atom stereocenters. The fraction of sp³-hybridized carbons (Fsp3) is 0.533. The third kappa shape index (κ3) is 4.39. The maximum absolute atomic E-state index is 5.77. The van der Waals surface area contributed by atoms with Crippen molar-refractivity contribution in [2.75, 3.05) is 17.6 Å². The van der Waals surface area contributed by atoms with Gasteiger partial charge in [-0.1, -0.05) is 50.4 Å². The minimum atomic E-state index is 0.804. The number of nitrogens with zero attached hydrogens (tertiary/aromatic N) is 1. The number of nitrogens with two attached hydrogens (primary N) is 1. The Morgan fingerprint density at radius 3 is 2.79 bits per heavy atom. The summed E-state index contributed by atoms with van der Waals surface area (Å²) < 4.78 is 1.16. The van der Waals surface area contributed by atoms with E-state index >= 15 is 0 Å². The van der Waals surface area contributed by atoms with Crippen LogP contribution < -0.4 is 11.1 Å². The van der Waals surface area contributed by atoms with E-state index in [0.717, 1.165) is 27.6 Å². The van der Waals surface area contributed by atoms with Crippen molar-refractivity contribution in [3.05, 3.63) is 18.2 Å². The number of aromatic nitrogens is 1. The molecule has 0 saturated heterocycles. The van der Waals surface area contributed by atoms with E-state index in [1.54, 1.807) is 11.3 Å². The van der Waals surface area contributed by atoms with E-state index in [2.05, 4.69) is 17.2 Å². The molecule has 104 valence electrons. The number of benzene rings is 1. The van der Waals surface area contributed by atoms with E-state index < -0.39 is 0 Å². The Hall–Kier alpha value is -1.29. The van der Waals surface area contributed by atoms with E-state index in [9.17, 15) is 0 Å². The van der Waals surface area contributed by atoms with Crippen molar-refractivity contribution in [3.8, 4) is 0 Å². The minimum absolute atomic E-state index is 0.804. The number of nitrogen functional groups attached to an aromatic ring is 1. The van der Waals surface area contributed by atoms with E-state index in [4.69, 9.17) is 5.73 Å². The molecule has 1 heterocycles. The van der Waals surface area contributed by atoms with Crippen LogP contribution in [0, 0.1) is 0 Å². The van der Waals surface area contributed by atoms with Gasteiger partial charge in [-0.15, -0.1) is 0 Å². The quantitative estimate of drug-likeness (QED) is 0.545. The van der Waals surface area contributed by atoms with Gasteiger partial charge in [0.15, 0.2) is 5.13 Å². The highest BCUT2D eigenvalue weighted by Gasteiger charge is 2.03. The highest BCUT2D eigenvalue weighted by Crippen LogP contribution is 2.27. The number of fused-ring (bicyclic) bond motifs is 1. The van der Waals surface area contributed by atoms with Crippen LogP contribution in [0.1, 0.15) is 45.4 Å².